The molecule has 1 fully saturated rings. The minimum absolute atomic E-state index is 0.0760. The molecule has 3 N–H and O–H groups in total. The van der Waals surface area contributed by atoms with Gasteiger partial charge in [-0.2, -0.15) is 0 Å². The summed E-state index contributed by atoms with van der Waals surface area (Å²) in [6, 6.07) is -0.0525. The van der Waals surface area contributed by atoms with Gasteiger partial charge in [0.05, 0.1) is 12.1 Å². The standard InChI is InChI=1S/C13H21N3O2S/c1-8-7-14-12(19-8)9(2)15-13(18)16-10-3-5-11(17)6-4-10/h7,9-11,17H,3-6H2,1-2H3,(H2,15,16,18). The molecule has 106 valence electrons. The van der Waals surface area contributed by atoms with E-state index in [1.165, 1.54) is 0 Å². The van der Waals surface area contributed by atoms with Gasteiger partial charge in [0.2, 0.25) is 0 Å². The molecular formula is C13H21N3O2S. The van der Waals surface area contributed by atoms with Gasteiger partial charge in [0, 0.05) is 17.1 Å². The Morgan fingerprint density at radius 2 is 2.16 bits per heavy atom. The number of amides is 2. The van der Waals surface area contributed by atoms with Crippen molar-refractivity contribution in [3.8, 4) is 0 Å². The van der Waals surface area contributed by atoms with Gasteiger partial charge < -0.3 is 15.7 Å². The average Bonchev–Trinajstić information content (AvgIpc) is 2.79. The molecule has 1 aliphatic rings. The number of aromatic nitrogens is 1. The van der Waals surface area contributed by atoms with Gasteiger partial charge >= 0.3 is 6.03 Å². The SMILES string of the molecule is Cc1cnc(C(C)NC(=O)NC2CCC(O)CC2)s1. The second kappa shape index (κ2) is 6.34. The quantitative estimate of drug-likeness (QED) is 0.795. The number of nitrogens with zero attached hydrogens (tertiary/aromatic N) is 1. The number of hydrogen-bond acceptors (Lipinski definition) is 4. The summed E-state index contributed by atoms with van der Waals surface area (Å²) in [4.78, 5) is 17.3. The topological polar surface area (TPSA) is 74.2 Å². The van der Waals surface area contributed by atoms with E-state index in [2.05, 4.69) is 15.6 Å². The first-order chi connectivity index (χ1) is 9.04. The molecule has 0 aliphatic heterocycles. The van der Waals surface area contributed by atoms with Crippen molar-refractivity contribution in [2.45, 2.75) is 57.7 Å². The summed E-state index contributed by atoms with van der Waals surface area (Å²) in [6.45, 7) is 3.93. The molecule has 19 heavy (non-hydrogen) atoms. The number of carbonyl (C=O) groups excluding carboxylic acids is 1. The van der Waals surface area contributed by atoms with E-state index in [0.29, 0.717) is 0 Å². The third-order valence-corrected chi connectivity index (χ3v) is 4.48. The van der Waals surface area contributed by atoms with E-state index < -0.39 is 0 Å². The van der Waals surface area contributed by atoms with E-state index in [9.17, 15) is 9.90 Å². The molecule has 6 heteroatoms. The van der Waals surface area contributed by atoms with Gasteiger partial charge in [-0.05, 0) is 39.5 Å². The number of aliphatic hydroxyl groups excluding tert-OH is 1. The first-order valence-corrected chi connectivity index (χ1v) is 7.53. The highest BCUT2D eigenvalue weighted by molar-refractivity contribution is 7.11. The Labute approximate surface area is 117 Å². The van der Waals surface area contributed by atoms with Gasteiger partial charge in [-0.15, -0.1) is 11.3 Å². The van der Waals surface area contributed by atoms with Crippen LogP contribution in [0.5, 0.6) is 0 Å². The maximum atomic E-state index is 11.9. The van der Waals surface area contributed by atoms with Gasteiger partial charge in [-0.3, -0.25) is 0 Å². The van der Waals surface area contributed by atoms with Crippen molar-refractivity contribution in [3.63, 3.8) is 0 Å². The lowest BCUT2D eigenvalue weighted by Gasteiger charge is -2.26. The monoisotopic (exact) mass is 283 g/mol. The Balaban J connectivity index is 1.78. The predicted octanol–water partition coefficient (Wildman–Crippen LogP) is 2.12. The van der Waals surface area contributed by atoms with Gasteiger partial charge in [0.25, 0.3) is 0 Å². The van der Waals surface area contributed by atoms with Gasteiger partial charge in [-0.1, -0.05) is 0 Å². The molecule has 5 nitrogen and oxygen atoms in total. The maximum absolute atomic E-state index is 11.9. The molecule has 0 aromatic carbocycles. The van der Waals surface area contributed by atoms with E-state index >= 15 is 0 Å². The Morgan fingerprint density at radius 1 is 1.47 bits per heavy atom. The van der Waals surface area contributed by atoms with Crippen LogP contribution in [0.4, 0.5) is 4.79 Å². The molecule has 0 bridgehead atoms. The smallest absolute Gasteiger partial charge is 0.315 e. The number of thiazole rings is 1. The molecule has 1 saturated carbocycles. The summed E-state index contributed by atoms with van der Waals surface area (Å²) < 4.78 is 0. The van der Waals surface area contributed by atoms with Crippen molar-refractivity contribution >= 4 is 17.4 Å². The van der Waals surface area contributed by atoms with Crippen LogP contribution in [0.1, 0.15) is 48.5 Å². The minimum Gasteiger partial charge on any atom is -0.393 e. The molecule has 2 rings (SSSR count). The first kappa shape index (κ1) is 14.3. The molecule has 1 unspecified atom stereocenters. The number of hydrogen-bond donors (Lipinski definition) is 3. The van der Waals surface area contributed by atoms with Crippen LogP contribution in [0, 0.1) is 6.92 Å². The Morgan fingerprint density at radius 3 is 2.74 bits per heavy atom. The average molecular weight is 283 g/mol. The minimum atomic E-state index is -0.196. The fourth-order valence-electron chi connectivity index (χ4n) is 2.28. The van der Waals surface area contributed by atoms with Crippen LogP contribution in [-0.4, -0.2) is 28.3 Å². The third kappa shape index (κ3) is 4.18. The van der Waals surface area contributed by atoms with E-state index in [-0.39, 0.29) is 24.2 Å². The number of aliphatic hydroxyl groups is 1. The third-order valence-electron chi connectivity index (χ3n) is 3.39. The lowest BCUT2D eigenvalue weighted by Crippen LogP contribution is -2.44. The van der Waals surface area contributed by atoms with Crippen LogP contribution in [0.3, 0.4) is 0 Å². The molecule has 0 saturated heterocycles. The molecule has 1 aromatic heterocycles. The second-order valence-electron chi connectivity index (χ2n) is 5.15. The molecule has 1 aromatic rings. The van der Waals surface area contributed by atoms with Crippen LogP contribution in [-0.2, 0) is 0 Å². The molecule has 1 aliphatic carbocycles. The molecule has 0 radical (unpaired) electrons. The van der Waals surface area contributed by atoms with E-state index in [1.807, 2.05) is 20.0 Å². The van der Waals surface area contributed by atoms with Crippen molar-refractivity contribution in [2.24, 2.45) is 0 Å². The molecule has 1 heterocycles. The van der Waals surface area contributed by atoms with Crippen LogP contribution in [0.15, 0.2) is 6.20 Å². The maximum Gasteiger partial charge on any atom is 0.315 e. The van der Waals surface area contributed by atoms with Crippen LogP contribution >= 0.6 is 11.3 Å². The lowest BCUT2D eigenvalue weighted by molar-refractivity contribution is 0.117. The number of carbonyl (C=O) groups is 1. The summed E-state index contributed by atoms with van der Waals surface area (Å²) in [7, 11) is 0. The van der Waals surface area contributed by atoms with Crippen molar-refractivity contribution in [2.75, 3.05) is 0 Å². The van der Waals surface area contributed by atoms with Crippen LogP contribution in [0.2, 0.25) is 0 Å². The fourth-order valence-corrected chi connectivity index (χ4v) is 3.05. The summed E-state index contributed by atoms with van der Waals surface area (Å²) in [5.41, 5.74) is 0. The predicted molar refractivity (Wildman–Crippen MR) is 75.2 cm³/mol. The Bertz CT molecular complexity index is 427. The largest absolute Gasteiger partial charge is 0.393 e. The molecule has 2 amide bonds. The summed E-state index contributed by atoms with van der Waals surface area (Å²) in [5.74, 6) is 0. The van der Waals surface area contributed by atoms with Crippen molar-refractivity contribution in [1.29, 1.82) is 0 Å². The van der Waals surface area contributed by atoms with Gasteiger partial charge in [0.15, 0.2) is 0 Å². The van der Waals surface area contributed by atoms with E-state index in [1.54, 1.807) is 11.3 Å². The van der Waals surface area contributed by atoms with Crippen LogP contribution < -0.4 is 10.6 Å². The van der Waals surface area contributed by atoms with Gasteiger partial charge in [0.1, 0.15) is 5.01 Å². The zero-order valence-electron chi connectivity index (χ0n) is 11.3. The molecular weight excluding hydrogens is 262 g/mol. The number of rotatable bonds is 3. The van der Waals surface area contributed by atoms with Crippen molar-refractivity contribution < 1.29 is 9.90 Å². The lowest BCUT2D eigenvalue weighted by atomic mass is 9.93. The highest BCUT2D eigenvalue weighted by Crippen LogP contribution is 2.20. The second-order valence-corrected chi connectivity index (χ2v) is 6.42. The number of nitrogens with one attached hydrogen (secondary N) is 2. The first-order valence-electron chi connectivity index (χ1n) is 6.72. The highest BCUT2D eigenvalue weighted by Gasteiger charge is 2.21. The van der Waals surface area contributed by atoms with Crippen molar-refractivity contribution in [3.05, 3.63) is 16.1 Å². The summed E-state index contributed by atoms with van der Waals surface area (Å²) in [5, 5.41) is 16.2. The molecule has 1 atom stereocenters. The normalized spacial score (nSPS) is 24.8. The number of urea groups is 1. The molecule has 0 spiro atoms. The zero-order chi connectivity index (χ0) is 13.8. The van der Waals surface area contributed by atoms with E-state index in [0.717, 1.165) is 35.6 Å². The van der Waals surface area contributed by atoms with E-state index in [4.69, 9.17) is 0 Å². The van der Waals surface area contributed by atoms with Crippen molar-refractivity contribution in [1.82, 2.24) is 15.6 Å². The van der Waals surface area contributed by atoms with Gasteiger partial charge in [-0.25, -0.2) is 9.78 Å². The van der Waals surface area contributed by atoms with Crippen LogP contribution in [0.25, 0.3) is 0 Å². The summed E-state index contributed by atoms with van der Waals surface area (Å²) >= 11 is 1.60. The fraction of sp³-hybridized carbons (Fsp3) is 0.692. The Kier molecular flexibility index (Phi) is 4.76. The highest BCUT2D eigenvalue weighted by atomic mass is 32.1. The zero-order valence-corrected chi connectivity index (χ0v) is 12.2. The summed E-state index contributed by atoms with van der Waals surface area (Å²) in [6.07, 6.45) is 4.86. The number of aryl methyl sites for hydroxylation is 1. The Hall–Kier alpha value is -1.14.